The number of hydrogen-bond acceptors (Lipinski definition) is 5. The third-order valence-corrected chi connectivity index (χ3v) is 5.29. The number of Topliss-reactive ketones (excluding diaryl/α,β-unsaturated/α-hetero) is 2. The Kier molecular flexibility index (Phi) is 10.3. The van der Waals surface area contributed by atoms with Gasteiger partial charge in [0.2, 0.25) is 0 Å². The molecule has 1 atom stereocenters. The van der Waals surface area contributed by atoms with Crippen LogP contribution in [0.5, 0.6) is 0 Å². The number of thioether (sulfide) groups is 1. The molecule has 0 N–H and O–H groups in total. The molecule has 0 amide bonds. The molecule has 0 aromatic heterocycles. The van der Waals surface area contributed by atoms with Crippen molar-refractivity contribution in [2.24, 2.45) is 17.0 Å². The van der Waals surface area contributed by atoms with Crippen LogP contribution in [0.15, 0.2) is 16.8 Å². The standard InChI is InChI=1S/C18H28ClNO3S/c1-4-7-15(20-23-9-6-8-19)18-16(21)11-14(12-17(18)22)10-13(3)24-5-2/h6,8,13-14,18H,4-5,7,9-12H2,1-3H3/b8-6+,20-15+/t13?,14-,18-. The third-order valence-electron chi connectivity index (χ3n) is 4.02. The summed E-state index contributed by atoms with van der Waals surface area (Å²) in [5.74, 6) is 0.496. The van der Waals surface area contributed by atoms with Crippen LogP contribution >= 0.6 is 23.4 Å². The minimum absolute atomic E-state index is 0.00589. The molecule has 136 valence electrons. The minimum Gasteiger partial charge on any atom is -0.392 e. The molecule has 4 nitrogen and oxygen atoms in total. The first-order chi connectivity index (χ1) is 11.5. The number of ketones is 2. The highest BCUT2D eigenvalue weighted by Crippen LogP contribution is 2.31. The Labute approximate surface area is 154 Å². The van der Waals surface area contributed by atoms with E-state index in [1.165, 1.54) is 5.54 Å². The number of halogens is 1. The molecule has 0 spiro atoms. The molecular formula is C18H28ClNO3S. The van der Waals surface area contributed by atoms with E-state index < -0.39 is 5.92 Å². The molecule has 0 radical (unpaired) electrons. The Bertz CT molecular complexity index is 461. The summed E-state index contributed by atoms with van der Waals surface area (Å²) in [5, 5.41) is 4.53. The lowest BCUT2D eigenvalue weighted by atomic mass is 9.75. The number of hydrogen-bond donors (Lipinski definition) is 0. The van der Waals surface area contributed by atoms with Crippen molar-refractivity contribution in [2.45, 2.75) is 58.1 Å². The number of carbonyl (C=O) groups excluding carboxylic acids is 2. The maximum Gasteiger partial charge on any atom is 0.149 e. The first-order valence-electron chi connectivity index (χ1n) is 8.64. The normalized spacial score (nSPS) is 23.8. The first-order valence-corrected chi connectivity index (χ1v) is 10.1. The summed E-state index contributed by atoms with van der Waals surface area (Å²) in [6.07, 6.45) is 4.88. The van der Waals surface area contributed by atoms with Crippen molar-refractivity contribution in [1.82, 2.24) is 0 Å². The second kappa shape index (κ2) is 11.7. The van der Waals surface area contributed by atoms with Crippen molar-refractivity contribution in [3.05, 3.63) is 11.6 Å². The molecule has 1 saturated carbocycles. The van der Waals surface area contributed by atoms with Crippen LogP contribution in [0.4, 0.5) is 0 Å². The summed E-state index contributed by atoms with van der Waals surface area (Å²) >= 11 is 7.31. The Morgan fingerprint density at radius 1 is 1.38 bits per heavy atom. The average molecular weight is 374 g/mol. The van der Waals surface area contributed by atoms with E-state index in [1.54, 1.807) is 6.08 Å². The molecule has 6 heteroatoms. The van der Waals surface area contributed by atoms with E-state index in [0.29, 0.717) is 30.2 Å². The SMILES string of the molecule is CCC/C(=N\OC/C=C/Cl)[C@H]1C(=O)C[C@H](CC(C)SCC)CC1=O. The predicted molar refractivity (Wildman–Crippen MR) is 102 cm³/mol. The van der Waals surface area contributed by atoms with Crippen molar-refractivity contribution in [2.75, 3.05) is 12.4 Å². The fourth-order valence-electron chi connectivity index (χ4n) is 3.12. The van der Waals surface area contributed by atoms with Crippen LogP contribution in [0.2, 0.25) is 0 Å². The minimum atomic E-state index is -0.713. The summed E-state index contributed by atoms with van der Waals surface area (Å²) in [5.41, 5.74) is 1.91. The van der Waals surface area contributed by atoms with Gasteiger partial charge in [-0.3, -0.25) is 9.59 Å². The van der Waals surface area contributed by atoms with Crippen LogP contribution in [0.3, 0.4) is 0 Å². The van der Waals surface area contributed by atoms with Gasteiger partial charge in [-0.25, -0.2) is 0 Å². The topological polar surface area (TPSA) is 55.7 Å². The molecule has 0 saturated heterocycles. The zero-order chi connectivity index (χ0) is 17.9. The van der Waals surface area contributed by atoms with Crippen molar-refractivity contribution in [3.8, 4) is 0 Å². The molecule has 0 aromatic carbocycles. The molecule has 0 aromatic rings. The van der Waals surface area contributed by atoms with Crippen LogP contribution < -0.4 is 0 Å². The van der Waals surface area contributed by atoms with Gasteiger partial charge in [-0.1, -0.05) is 43.9 Å². The van der Waals surface area contributed by atoms with Crippen molar-refractivity contribution >= 4 is 40.6 Å². The van der Waals surface area contributed by atoms with Crippen LogP contribution in [0.1, 0.15) is 52.9 Å². The van der Waals surface area contributed by atoms with Gasteiger partial charge >= 0.3 is 0 Å². The molecular weight excluding hydrogens is 346 g/mol. The number of nitrogens with zero attached hydrogens (tertiary/aromatic N) is 1. The van der Waals surface area contributed by atoms with E-state index in [1.807, 2.05) is 18.7 Å². The number of oxime groups is 1. The average Bonchev–Trinajstić information content (AvgIpc) is 2.51. The molecule has 1 aliphatic carbocycles. The smallest absolute Gasteiger partial charge is 0.149 e. The fraction of sp³-hybridized carbons (Fsp3) is 0.722. The van der Waals surface area contributed by atoms with Crippen molar-refractivity contribution in [1.29, 1.82) is 0 Å². The molecule has 0 aliphatic heterocycles. The van der Waals surface area contributed by atoms with E-state index in [9.17, 15) is 9.59 Å². The van der Waals surface area contributed by atoms with Gasteiger partial charge in [0, 0.05) is 23.6 Å². The predicted octanol–water partition coefficient (Wildman–Crippen LogP) is 4.61. The van der Waals surface area contributed by atoms with Gasteiger partial charge in [-0.05, 0) is 30.6 Å². The Morgan fingerprint density at radius 2 is 2.04 bits per heavy atom. The molecule has 0 bridgehead atoms. The van der Waals surface area contributed by atoms with Crippen LogP contribution in [-0.2, 0) is 14.4 Å². The third kappa shape index (κ3) is 6.98. The zero-order valence-corrected chi connectivity index (χ0v) is 16.4. The van der Waals surface area contributed by atoms with Gasteiger partial charge in [-0.2, -0.15) is 11.8 Å². The second-order valence-corrected chi connectivity index (χ2v) is 8.10. The molecule has 1 rings (SSSR count). The lowest BCUT2D eigenvalue weighted by Crippen LogP contribution is -2.39. The summed E-state index contributed by atoms with van der Waals surface area (Å²) in [7, 11) is 0. The maximum atomic E-state index is 12.6. The Balaban J connectivity index is 2.73. The summed E-state index contributed by atoms with van der Waals surface area (Å²) in [4.78, 5) is 30.3. The van der Waals surface area contributed by atoms with Crippen molar-refractivity contribution in [3.63, 3.8) is 0 Å². The lowest BCUT2D eigenvalue weighted by Gasteiger charge is -2.28. The van der Waals surface area contributed by atoms with E-state index in [0.717, 1.165) is 18.6 Å². The highest BCUT2D eigenvalue weighted by Gasteiger charge is 2.38. The zero-order valence-electron chi connectivity index (χ0n) is 14.8. The van der Waals surface area contributed by atoms with Crippen molar-refractivity contribution < 1.29 is 14.4 Å². The summed E-state index contributed by atoms with van der Waals surface area (Å²) in [6.45, 7) is 6.53. The Hall–Kier alpha value is -0.810. The largest absolute Gasteiger partial charge is 0.392 e. The van der Waals surface area contributed by atoms with Gasteiger partial charge < -0.3 is 4.84 Å². The summed E-state index contributed by atoms with van der Waals surface area (Å²) < 4.78 is 0. The van der Waals surface area contributed by atoms with E-state index in [4.69, 9.17) is 16.4 Å². The fourth-order valence-corrected chi connectivity index (χ4v) is 4.17. The number of rotatable bonds is 10. The molecule has 24 heavy (non-hydrogen) atoms. The molecule has 1 unspecified atom stereocenters. The van der Waals surface area contributed by atoms with Gasteiger partial charge in [0.25, 0.3) is 0 Å². The van der Waals surface area contributed by atoms with E-state index >= 15 is 0 Å². The van der Waals surface area contributed by atoms with Gasteiger partial charge in [0.1, 0.15) is 24.1 Å². The summed E-state index contributed by atoms with van der Waals surface area (Å²) in [6, 6.07) is 0. The van der Waals surface area contributed by atoms with Crippen LogP contribution in [-0.4, -0.2) is 34.9 Å². The lowest BCUT2D eigenvalue weighted by molar-refractivity contribution is -0.134. The Morgan fingerprint density at radius 3 is 2.58 bits per heavy atom. The van der Waals surface area contributed by atoms with Crippen LogP contribution in [0.25, 0.3) is 0 Å². The highest BCUT2D eigenvalue weighted by molar-refractivity contribution is 7.99. The molecule has 1 fully saturated rings. The van der Waals surface area contributed by atoms with Gasteiger partial charge in [0.15, 0.2) is 0 Å². The molecule has 0 heterocycles. The van der Waals surface area contributed by atoms with Crippen LogP contribution in [0, 0.1) is 11.8 Å². The highest BCUT2D eigenvalue weighted by atomic mass is 35.5. The maximum absolute atomic E-state index is 12.6. The van der Waals surface area contributed by atoms with Gasteiger partial charge in [0.05, 0.1) is 5.71 Å². The van der Waals surface area contributed by atoms with E-state index in [2.05, 4.69) is 19.0 Å². The second-order valence-electron chi connectivity index (χ2n) is 6.13. The van der Waals surface area contributed by atoms with Gasteiger partial charge in [-0.15, -0.1) is 0 Å². The number of carbonyl (C=O) groups is 2. The van der Waals surface area contributed by atoms with E-state index in [-0.39, 0.29) is 24.1 Å². The molecule has 1 aliphatic rings. The monoisotopic (exact) mass is 373 g/mol. The quantitative estimate of drug-likeness (QED) is 0.243. The first kappa shape index (κ1) is 21.2.